The van der Waals surface area contributed by atoms with Crippen molar-refractivity contribution in [1.82, 2.24) is 9.55 Å². The Bertz CT molecular complexity index is 1930. The Morgan fingerprint density at radius 1 is 0.703 bits per heavy atom. The van der Waals surface area contributed by atoms with Crippen molar-refractivity contribution in [3.05, 3.63) is 119 Å². The number of aryl methyl sites for hydroxylation is 3. The molecular formula is C34H26N2S. The molecule has 0 aliphatic rings. The van der Waals surface area contributed by atoms with Crippen LogP contribution < -0.4 is 0 Å². The van der Waals surface area contributed by atoms with E-state index in [-0.39, 0.29) is 0 Å². The van der Waals surface area contributed by atoms with Gasteiger partial charge in [-0.1, -0.05) is 66.2 Å². The Balaban J connectivity index is 1.49. The lowest BCUT2D eigenvalue weighted by Gasteiger charge is -2.16. The molecule has 0 fully saturated rings. The number of rotatable bonds is 3. The third kappa shape index (κ3) is 3.58. The second-order valence-electron chi connectivity index (χ2n) is 9.93. The molecule has 7 aromatic rings. The van der Waals surface area contributed by atoms with Gasteiger partial charge in [-0.2, -0.15) is 0 Å². The molecule has 2 heterocycles. The molecule has 0 amide bonds. The summed E-state index contributed by atoms with van der Waals surface area (Å²) in [5.74, 6) is 0.991. The van der Waals surface area contributed by atoms with Crippen molar-refractivity contribution in [2.24, 2.45) is 0 Å². The first-order valence-corrected chi connectivity index (χ1v) is 13.5. The number of para-hydroxylation sites is 2. The lowest BCUT2D eigenvalue weighted by atomic mass is 9.95. The minimum atomic E-state index is 0.991. The van der Waals surface area contributed by atoms with E-state index in [0.29, 0.717) is 0 Å². The molecule has 0 bridgehead atoms. The van der Waals surface area contributed by atoms with Crippen LogP contribution in [0.5, 0.6) is 0 Å². The van der Waals surface area contributed by atoms with Gasteiger partial charge in [-0.05, 0) is 90.2 Å². The fourth-order valence-electron chi connectivity index (χ4n) is 5.66. The van der Waals surface area contributed by atoms with E-state index >= 15 is 0 Å². The van der Waals surface area contributed by atoms with Crippen molar-refractivity contribution in [3.63, 3.8) is 0 Å². The van der Waals surface area contributed by atoms with Gasteiger partial charge < -0.3 is 0 Å². The molecule has 2 aromatic heterocycles. The van der Waals surface area contributed by atoms with Gasteiger partial charge in [-0.3, -0.25) is 4.57 Å². The smallest absolute Gasteiger partial charge is 0.147 e. The monoisotopic (exact) mass is 494 g/mol. The van der Waals surface area contributed by atoms with E-state index in [1.165, 1.54) is 54.2 Å². The highest BCUT2D eigenvalue weighted by Gasteiger charge is 2.19. The zero-order valence-corrected chi connectivity index (χ0v) is 21.9. The lowest BCUT2D eigenvalue weighted by molar-refractivity contribution is 1.10. The van der Waals surface area contributed by atoms with Crippen LogP contribution in [0.3, 0.4) is 0 Å². The maximum Gasteiger partial charge on any atom is 0.147 e. The van der Waals surface area contributed by atoms with Gasteiger partial charge in [0.15, 0.2) is 0 Å². The summed E-state index contributed by atoms with van der Waals surface area (Å²) in [5.41, 5.74) is 10.8. The maximum atomic E-state index is 5.19. The van der Waals surface area contributed by atoms with Gasteiger partial charge >= 0.3 is 0 Å². The molecule has 0 radical (unpaired) electrons. The minimum absolute atomic E-state index is 0.991. The van der Waals surface area contributed by atoms with Gasteiger partial charge in [0.1, 0.15) is 5.82 Å². The van der Waals surface area contributed by atoms with Crippen LogP contribution in [-0.4, -0.2) is 9.55 Å². The Labute approximate surface area is 220 Å². The maximum absolute atomic E-state index is 5.19. The molecular weight excluding hydrogens is 468 g/mol. The van der Waals surface area contributed by atoms with Gasteiger partial charge in [0.25, 0.3) is 0 Å². The van der Waals surface area contributed by atoms with Crippen LogP contribution >= 0.6 is 11.3 Å². The molecule has 7 rings (SSSR count). The summed E-state index contributed by atoms with van der Waals surface area (Å²) in [7, 11) is 0. The van der Waals surface area contributed by atoms with Crippen molar-refractivity contribution in [2.45, 2.75) is 20.8 Å². The van der Waals surface area contributed by atoms with E-state index in [1.54, 1.807) is 11.3 Å². The highest BCUT2D eigenvalue weighted by molar-refractivity contribution is 7.17. The lowest BCUT2D eigenvalue weighted by Crippen LogP contribution is -2.00. The highest BCUT2D eigenvalue weighted by Crippen LogP contribution is 2.40. The summed E-state index contributed by atoms with van der Waals surface area (Å²) < 4.78 is 3.63. The highest BCUT2D eigenvalue weighted by atomic mass is 32.1. The van der Waals surface area contributed by atoms with E-state index in [0.717, 1.165) is 22.5 Å². The number of benzene rings is 5. The topological polar surface area (TPSA) is 17.8 Å². The number of aromatic nitrogens is 2. The van der Waals surface area contributed by atoms with E-state index in [9.17, 15) is 0 Å². The molecule has 5 aromatic carbocycles. The van der Waals surface area contributed by atoms with Crippen molar-refractivity contribution >= 4 is 43.2 Å². The number of nitrogens with zero attached hydrogens (tertiary/aromatic N) is 2. The number of fused-ring (bicyclic) bond motifs is 3. The fraction of sp³-hybridized carbons (Fsp3) is 0.0882. The Hall–Kier alpha value is -4.21. The summed E-state index contributed by atoms with van der Waals surface area (Å²) in [5, 5.41) is 6.08. The fourth-order valence-corrected chi connectivity index (χ4v) is 6.63. The molecule has 0 spiro atoms. The average molecular weight is 495 g/mol. The first kappa shape index (κ1) is 22.0. The predicted molar refractivity (Wildman–Crippen MR) is 159 cm³/mol. The van der Waals surface area contributed by atoms with Crippen molar-refractivity contribution in [1.29, 1.82) is 0 Å². The van der Waals surface area contributed by atoms with Crippen molar-refractivity contribution in [3.8, 4) is 28.2 Å². The van der Waals surface area contributed by atoms with Gasteiger partial charge in [0.05, 0.1) is 11.0 Å². The summed E-state index contributed by atoms with van der Waals surface area (Å²) in [6.45, 7) is 6.58. The van der Waals surface area contributed by atoms with E-state index in [1.807, 2.05) is 0 Å². The largest absolute Gasteiger partial charge is 0.292 e. The average Bonchev–Trinajstić information content (AvgIpc) is 3.48. The molecule has 0 unspecified atom stereocenters. The standard InChI is InChI=1S/C34H26N2S/c1-21-13-14-25-19-32-28(18-26(25)15-21)29(20-37-32)34-35-30-11-7-8-12-31(30)36(34)27-16-22(2)33(23(3)17-27)24-9-5-4-6-10-24/h4-20H,1-3H3. The Morgan fingerprint density at radius 2 is 1.46 bits per heavy atom. The van der Waals surface area contributed by atoms with Gasteiger partial charge in [0, 0.05) is 26.7 Å². The summed E-state index contributed by atoms with van der Waals surface area (Å²) in [6, 6.07) is 35.1. The number of hydrogen-bond donors (Lipinski definition) is 0. The zero-order chi connectivity index (χ0) is 25.1. The van der Waals surface area contributed by atoms with Crippen LogP contribution in [0, 0.1) is 20.8 Å². The van der Waals surface area contributed by atoms with Crippen molar-refractivity contribution < 1.29 is 0 Å². The minimum Gasteiger partial charge on any atom is -0.292 e. The number of thiophene rings is 1. The van der Waals surface area contributed by atoms with Crippen LogP contribution in [-0.2, 0) is 0 Å². The van der Waals surface area contributed by atoms with E-state index in [2.05, 4.69) is 128 Å². The predicted octanol–water partition coefficient (Wildman–Crippen LogP) is 9.65. The molecule has 0 saturated carbocycles. The zero-order valence-electron chi connectivity index (χ0n) is 21.1. The van der Waals surface area contributed by atoms with E-state index in [4.69, 9.17) is 4.98 Å². The SMILES string of the molecule is Cc1ccc2cc3scc(-c4nc5ccccc5n4-c4cc(C)c(-c5ccccc5)c(C)c4)c3cc2c1. The third-order valence-corrected chi connectivity index (χ3v) is 8.27. The van der Waals surface area contributed by atoms with Crippen LogP contribution in [0.1, 0.15) is 16.7 Å². The van der Waals surface area contributed by atoms with Crippen LogP contribution in [0.15, 0.2) is 102 Å². The molecule has 37 heavy (non-hydrogen) atoms. The first-order chi connectivity index (χ1) is 18.1. The van der Waals surface area contributed by atoms with Crippen molar-refractivity contribution in [2.75, 3.05) is 0 Å². The molecule has 3 heteroatoms. The van der Waals surface area contributed by atoms with Crippen LogP contribution in [0.2, 0.25) is 0 Å². The summed E-state index contributed by atoms with van der Waals surface area (Å²) >= 11 is 1.79. The van der Waals surface area contributed by atoms with Gasteiger partial charge in [0.2, 0.25) is 0 Å². The summed E-state index contributed by atoms with van der Waals surface area (Å²) in [4.78, 5) is 5.19. The summed E-state index contributed by atoms with van der Waals surface area (Å²) in [6.07, 6.45) is 0. The molecule has 0 aliphatic heterocycles. The molecule has 178 valence electrons. The quantitative estimate of drug-likeness (QED) is 0.239. The molecule has 0 N–H and O–H groups in total. The number of imidazole rings is 1. The molecule has 0 atom stereocenters. The second kappa shape index (κ2) is 8.43. The Kier molecular flexibility index (Phi) is 5.02. The molecule has 2 nitrogen and oxygen atoms in total. The van der Waals surface area contributed by atoms with E-state index < -0.39 is 0 Å². The van der Waals surface area contributed by atoms with Crippen LogP contribution in [0.25, 0.3) is 60.1 Å². The van der Waals surface area contributed by atoms with Gasteiger partial charge in [-0.15, -0.1) is 11.3 Å². The second-order valence-corrected chi connectivity index (χ2v) is 10.8. The first-order valence-electron chi connectivity index (χ1n) is 12.6. The Morgan fingerprint density at radius 3 is 2.27 bits per heavy atom. The van der Waals surface area contributed by atoms with Crippen LogP contribution in [0.4, 0.5) is 0 Å². The molecule has 0 aliphatic carbocycles. The normalized spacial score (nSPS) is 11.6. The number of hydrogen-bond acceptors (Lipinski definition) is 2. The third-order valence-electron chi connectivity index (χ3n) is 7.33. The molecule has 0 saturated heterocycles. The van der Waals surface area contributed by atoms with Gasteiger partial charge in [-0.25, -0.2) is 4.98 Å².